The van der Waals surface area contributed by atoms with Gasteiger partial charge in [0.1, 0.15) is 13.2 Å². The Morgan fingerprint density at radius 3 is 0.771 bits per heavy atom. The lowest BCUT2D eigenvalue weighted by Gasteiger charge is -2.18. The molecule has 0 saturated carbocycles. The quantitative estimate of drug-likeness (QED) is 0.0261. The molecule has 0 rings (SSSR count). The molecule has 0 aliphatic carbocycles. The van der Waals surface area contributed by atoms with Gasteiger partial charge in [-0.3, -0.25) is 14.4 Å². The number of carbonyl (C=O) groups is 3. The second-order valence-corrected chi connectivity index (χ2v) is 22.7. The molecule has 0 saturated heterocycles. The summed E-state index contributed by atoms with van der Waals surface area (Å²) in [6, 6.07) is 0. The summed E-state index contributed by atoms with van der Waals surface area (Å²) in [7, 11) is 0. The lowest BCUT2D eigenvalue weighted by Crippen LogP contribution is -2.30. The molecule has 0 amide bonds. The molecule has 0 N–H and O–H groups in total. The lowest BCUT2D eigenvalue weighted by atomic mass is 10.0. The third kappa shape index (κ3) is 68.2. The number of ether oxygens (including phenoxy) is 3. The highest BCUT2D eigenvalue weighted by Crippen LogP contribution is 2.16. The fourth-order valence-corrected chi connectivity index (χ4v) is 9.43. The lowest BCUT2D eigenvalue weighted by molar-refractivity contribution is -0.167. The van der Waals surface area contributed by atoms with Crippen LogP contribution >= 0.6 is 0 Å². The van der Waals surface area contributed by atoms with Crippen molar-refractivity contribution in [3.05, 3.63) is 134 Å². The third-order valence-electron chi connectivity index (χ3n) is 14.6. The first-order chi connectivity index (χ1) is 41.0. The van der Waals surface area contributed by atoms with Gasteiger partial charge in [-0.25, -0.2) is 0 Å². The van der Waals surface area contributed by atoms with E-state index in [-0.39, 0.29) is 37.5 Å². The van der Waals surface area contributed by atoms with Crippen molar-refractivity contribution in [2.75, 3.05) is 13.2 Å². The maximum absolute atomic E-state index is 12.9. The highest BCUT2D eigenvalue weighted by molar-refractivity contribution is 5.71. The maximum Gasteiger partial charge on any atom is 0.306 e. The van der Waals surface area contributed by atoms with Crippen LogP contribution in [0.25, 0.3) is 0 Å². The Bertz CT molecular complexity index is 1750. The highest BCUT2D eigenvalue weighted by Gasteiger charge is 2.19. The van der Waals surface area contributed by atoms with E-state index in [4.69, 9.17) is 14.2 Å². The Kier molecular flexibility index (Phi) is 66.3. The van der Waals surface area contributed by atoms with Crippen LogP contribution in [0, 0.1) is 0 Å². The molecule has 0 heterocycles. The van der Waals surface area contributed by atoms with Crippen molar-refractivity contribution >= 4 is 17.9 Å². The number of rotatable bonds is 62. The summed E-state index contributed by atoms with van der Waals surface area (Å²) in [5.41, 5.74) is 0. The van der Waals surface area contributed by atoms with E-state index in [0.717, 1.165) is 135 Å². The second-order valence-electron chi connectivity index (χ2n) is 22.7. The Labute approximate surface area is 513 Å². The minimum absolute atomic E-state index is 0.0998. The predicted octanol–water partition coefficient (Wildman–Crippen LogP) is 24.1. The largest absolute Gasteiger partial charge is 0.462 e. The second kappa shape index (κ2) is 70.0. The summed E-state index contributed by atoms with van der Waals surface area (Å²) in [6.07, 6.45) is 98.9. The van der Waals surface area contributed by atoms with E-state index in [0.29, 0.717) is 12.8 Å². The third-order valence-corrected chi connectivity index (χ3v) is 14.6. The standard InChI is InChI=1S/C77H128O6/c1-4-7-10-13-16-19-22-25-28-31-34-35-36-37-38-39-40-41-44-46-49-52-55-58-61-64-67-70-76(79)82-73-74(83-77(80)71-68-65-62-59-56-53-50-47-43-33-30-27-24-21-18-15-12-9-6-3)72-81-75(78)69-66-63-60-57-54-51-48-45-42-32-29-26-23-20-17-14-11-8-5-2/h9,12,17-18,20-22,25-27,29-31,34,36-37,42-43,45,47,53,56,74H,4-8,10-11,13-16,19,23-24,28,32-33,35,38-41,44,46,48-52,54-55,57-73H2,1-3H3/b12-9-,20-17-,21-18-,25-22-,29-26-,30-27-,34-31-,37-36-,45-42-,47-43-,56-53-. The molecule has 0 aliphatic heterocycles. The van der Waals surface area contributed by atoms with E-state index in [9.17, 15) is 14.4 Å². The summed E-state index contributed by atoms with van der Waals surface area (Å²) in [5.74, 6) is -0.941. The van der Waals surface area contributed by atoms with Crippen LogP contribution in [0.4, 0.5) is 0 Å². The van der Waals surface area contributed by atoms with E-state index in [1.54, 1.807) is 0 Å². The van der Waals surface area contributed by atoms with Gasteiger partial charge in [-0.15, -0.1) is 0 Å². The van der Waals surface area contributed by atoms with Crippen molar-refractivity contribution in [3.8, 4) is 0 Å². The first kappa shape index (κ1) is 78.5. The molecule has 83 heavy (non-hydrogen) atoms. The van der Waals surface area contributed by atoms with Gasteiger partial charge < -0.3 is 14.2 Å². The predicted molar refractivity (Wildman–Crippen MR) is 362 cm³/mol. The molecular weight excluding hydrogens is 1020 g/mol. The van der Waals surface area contributed by atoms with Gasteiger partial charge in [0.15, 0.2) is 6.10 Å². The van der Waals surface area contributed by atoms with Crippen molar-refractivity contribution in [2.24, 2.45) is 0 Å². The van der Waals surface area contributed by atoms with Crippen molar-refractivity contribution in [2.45, 2.75) is 322 Å². The first-order valence-corrected chi connectivity index (χ1v) is 34.7. The van der Waals surface area contributed by atoms with E-state index >= 15 is 0 Å². The van der Waals surface area contributed by atoms with Crippen molar-refractivity contribution in [1.82, 2.24) is 0 Å². The van der Waals surface area contributed by atoms with Crippen LogP contribution in [-0.2, 0) is 28.6 Å². The van der Waals surface area contributed by atoms with Gasteiger partial charge in [-0.05, 0) is 141 Å². The van der Waals surface area contributed by atoms with Crippen molar-refractivity contribution < 1.29 is 28.6 Å². The van der Waals surface area contributed by atoms with Crippen LogP contribution in [0.5, 0.6) is 0 Å². The number of hydrogen-bond acceptors (Lipinski definition) is 6. The van der Waals surface area contributed by atoms with E-state index in [1.807, 2.05) is 0 Å². The Balaban J connectivity index is 4.43. The number of allylic oxidation sites excluding steroid dienone is 22. The first-order valence-electron chi connectivity index (χ1n) is 34.7. The molecule has 0 aromatic rings. The van der Waals surface area contributed by atoms with Gasteiger partial charge >= 0.3 is 17.9 Å². The summed E-state index contributed by atoms with van der Waals surface area (Å²) in [6.45, 7) is 6.47. The molecule has 6 nitrogen and oxygen atoms in total. The fraction of sp³-hybridized carbons (Fsp3) is 0.675. The van der Waals surface area contributed by atoms with Gasteiger partial charge in [0.05, 0.1) is 0 Å². The molecule has 0 aliphatic rings. The number of carbonyl (C=O) groups excluding carboxylic acids is 3. The fourth-order valence-electron chi connectivity index (χ4n) is 9.43. The van der Waals surface area contributed by atoms with Crippen molar-refractivity contribution in [1.29, 1.82) is 0 Å². The van der Waals surface area contributed by atoms with Crippen LogP contribution in [0.2, 0.25) is 0 Å². The zero-order chi connectivity index (χ0) is 59.9. The Morgan fingerprint density at radius 2 is 0.470 bits per heavy atom. The van der Waals surface area contributed by atoms with Gasteiger partial charge in [0, 0.05) is 19.3 Å². The Morgan fingerprint density at radius 1 is 0.253 bits per heavy atom. The van der Waals surface area contributed by atoms with Gasteiger partial charge in [-0.2, -0.15) is 0 Å². The SMILES string of the molecule is CC/C=C\C/C=C\C/C=C\C/C=C\C/C=C\CCCCCC(=O)OC(COC(=O)CCCCCCCC/C=C\C/C=C\C/C=C\CCCCC)COC(=O)CCCCCCCCCCCCCC/C=C\C/C=C\C/C=C\CCCCCCC. The molecule has 0 bridgehead atoms. The van der Waals surface area contributed by atoms with E-state index in [1.165, 1.54) is 141 Å². The van der Waals surface area contributed by atoms with Gasteiger partial charge in [0.25, 0.3) is 0 Å². The normalized spacial score (nSPS) is 13.0. The van der Waals surface area contributed by atoms with E-state index < -0.39 is 6.10 Å². The summed E-state index contributed by atoms with van der Waals surface area (Å²) < 4.78 is 16.9. The summed E-state index contributed by atoms with van der Waals surface area (Å²) >= 11 is 0. The van der Waals surface area contributed by atoms with Gasteiger partial charge in [0.2, 0.25) is 0 Å². The zero-order valence-corrected chi connectivity index (χ0v) is 54.2. The van der Waals surface area contributed by atoms with Crippen molar-refractivity contribution in [3.63, 3.8) is 0 Å². The molecule has 1 unspecified atom stereocenters. The van der Waals surface area contributed by atoms with E-state index in [2.05, 4.69) is 154 Å². The molecule has 1 atom stereocenters. The average molecular weight is 1150 g/mol. The molecular formula is C77H128O6. The average Bonchev–Trinajstić information content (AvgIpc) is 3.50. The van der Waals surface area contributed by atoms with Crippen LogP contribution in [-0.4, -0.2) is 37.2 Å². The number of esters is 3. The van der Waals surface area contributed by atoms with Crippen LogP contribution in [0.15, 0.2) is 134 Å². The maximum atomic E-state index is 12.9. The summed E-state index contributed by atoms with van der Waals surface area (Å²) in [5, 5.41) is 0. The Hall–Kier alpha value is -4.45. The molecule has 6 heteroatoms. The zero-order valence-electron chi connectivity index (χ0n) is 54.2. The topological polar surface area (TPSA) is 78.9 Å². The molecule has 0 fully saturated rings. The molecule has 0 aromatic carbocycles. The number of unbranched alkanes of at least 4 members (excludes halogenated alkanes) is 29. The summed E-state index contributed by atoms with van der Waals surface area (Å²) in [4.78, 5) is 38.5. The monoisotopic (exact) mass is 1150 g/mol. The molecule has 472 valence electrons. The number of hydrogen-bond donors (Lipinski definition) is 0. The highest BCUT2D eigenvalue weighted by atomic mass is 16.6. The smallest absolute Gasteiger partial charge is 0.306 e. The minimum Gasteiger partial charge on any atom is -0.462 e. The molecule has 0 spiro atoms. The van der Waals surface area contributed by atoms with Crippen LogP contribution in [0.1, 0.15) is 316 Å². The minimum atomic E-state index is -0.809. The van der Waals surface area contributed by atoms with Gasteiger partial charge in [-0.1, -0.05) is 289 Å². The van der Waals surface area contributed by atoms with Crippen LogP contribution < -0.4 is 0 Å². The molecule has 0 aromatic heterocycles. The van der Waals surface area contributed by atoms with Crippen LogP contribution in [0.3, 0.4) is 0 Å². The molecule has 0 radical (unpaired) electrons.